The van der Waals surface area contributed by atoms with Crippen molar-refractivity contribution in [1.29, 1.82) is 0 Å². The van der Waals surface area contributed by atoms with Gasteiger partial charge in [-0.3, -0.25) is 0 Å². The Hall–Kier alpha value is -0.980. The molecular weight excluding hydrogens is 136 g/mol. The number of unbranched alkanes of at least 4 members (excludes halogenated alkanes) is 1. The van der Waals surface area contributed by atoms with Gasteiger partial charge in [-0.1, -0.05) is 18.2 Å². The van der Waals surface area contributed by atoms with Crippen LogP contribution in [-0.2, 0) is 0 Å². The second-order valence-electron chi connectivity index (χ2n) is 2.30. The Morgan fingerprint density at radius 3 is 2.55 bits per heavy atom. The van der Waals surface area contributed by atoms with Crippen LogP contribution in [0.2, 0.25) is 0 Å². The predicted octanol–water partition coefficient (Wildman–Crippen LogP) is 2.56. The van der Waals surface area contributed by atoms with Crippen LogP contribution in [0.3, 0.4) is 0 Å². The van der Waals surface area contributed by atoms with Gasteiger partial charge in [-0.15, -0.1) is 0 Å². The molecule has 0 unspecified atom stereocenters. The molecule has 0 aromatic heterocycles. The monoisotopic (exact) mass is 148 g/mol. The highest BCUT2D eigenvalue weighted by Gasteiger charge is 1.88. The van der Waals surface area contributed by atoms with Crippen molar-refractivity contribution in [3.8, 4) is 5.75 Å². The summed E-state index contributed by atoms with van der Waals surface area (Å²) in [6.07, 6.45) is 1.60. The lowest BCUT2D eigenvalue weighted by Crippen LogP contribution is -1.95. The number of hydrogen-bond donors (Lipinski definition) is 0. The molecule has 0 spiro atoms. The Balaban J connectivity index is 2.28. The number of ether oxygens (including phenoxy) is 1. The van der Waals surface area contributed by atoms with Crippen molar-refractivity contribution in [1.82, 2.24) is 0 Å². The van der Waals surface area contributed by atoms with Gasteiger partial charge in [0.1, 0.15) is 5.75 Å². The van der Waals surface area contributed by atoms with Gasteiger partial charge in [-0.2, -0.15) is 0 Å². The molecule has 0 saturated carbocycles. The summed E-state index contributed by atoms with van der Waals surface area (Å²) in [5.74, 6) is 0.918. The first-order valence-corrected chi connectivity index (χ1v) is 3.81. The fourth-order valence-electron chi connectivity index (χ4n) is 0.790. The molecule has 1 aromatic carbocycles. The first kappa shape index (κ1) is 8.12. The van der Waals surface area contributed by atoms with E-state index in [1.807, 2.05) is 30.3 Å². The van der Waals surface area contributed by atoms with Crippen molar-refractivity contribution in [2.75, 3.05) is 6.61 Å². The maximum absolute atomic E-state index is 5.37. The zero-order valence-electron chi connectivity index (χ0n) is 6.49. The molecule has 0 saturated heterocycles. The molecular formula is C10H12O. The first-order valence-electron chi connectivity index (χ1n) is 3.81. The summed E-state index contributed by atoms with van der Waals surface area (Å²) in [6.45, 7) is 6.02. The maximum atomic E-state index is 5.37. The van der Waals surface area contributed by atoms with Crippen LogP contribution < -0.4 is 4.74 Å². The molecule has 0 fully saturated rings. The molecule has 0 aliphatic rings. The summed E-state index contributed by atoms with van der Waals surface area (Å²) in [4.78, 5) is 0. The minimum absolute atomic E-state index is 0.687. The third-order valence-electron chi connectivity index (χ3n) is 1.36. The molecule has 0 bridgehead atoms. The smallest absolute Gasteiger partial charge is 0.119 e. The molecule has 11 heavy (non-hydrogen) atoms. The topological polar surface area (TPSA) is 9.23 Å². The van der Waals surface area contributed by atoms with Gasteiger partial charge in [-0.25, -0.2) is 0 Å². The SMILES string of the molecule is [CH]CCCOc1ccccc1. The molecule has 1 aromatic rings. The van der Waals surface area contributed by atoms with E-state index in [2.05, 4.69) is 0 Å². The fourth-order valence-corrected chi connectivity index (χ4v) is 0.790. The number of para-hydroxylation sites is 1. The minimum Gasteiger partial charge on any atom is -0.494 e. The Morgan fingerprint density at radius 1 is 1.18 bits per heavy atom. The lowest BCUT2D eigenvalue weighted by molar-refractivity contribution is 0.312. The van der Waals surface area contributed by atoms with E-state index < -0.39 is 0 Å². The second-order valence-corrected chi connectivity index (χ2v) is 2.30. The van der Waals surface area contributed by atoms with Crippen LogP contribution in [0.1, 0.15) is 12.8 Å². The zero-order valence-corrected chi connectivity index (χ0v) is 6.49. The Labute approximate surface area is 68.0 Å². The van der Waals surface area contributed by atoms with Crippen LogP contribution in [0.5, 0.6) is 5.75 Å². The minimum atomic E-state index is 0.687. The van der Waals surface area contributed by atoms with Gasteiger partial charge >= 0.3 is 0 Å². The molecule has 0 heterocycles. The molecule has 58 valence electrons. The molecule has 1 nitrogen and oxygen atoms in total. The molecule has 0 amide bonds. The lowest BCUT2D eigenvalue weighted by Gasteiger charge is -2.03. The van der Waals surface area contributed by atoms with E-state index in [1.54, 1.807) is 0 Å². The molecule has 0 atom stereocenters. The normalized spacial score (nSPS) is 9.55. The summed E-state index contributed by atoms with van der Waals surface area (Å²) in [5, 5.41) is 0. The molecule has 2 radical (unpaired) electrons. The van der Waals surface area contributed by atoms with Gasteiger partial charge in [0.15, 0.2) is 0 Å². The van der Waals surface area contributed by atoms with Crippen molar-refractivity contribution >= 4 is 0 Å². The third kappa shape index (κ3) is 3.08. The van der Waals surface area contributed by atoms with Crippen LogP contribution in [0, 0.1) is 6.92 Å². The quantitative estimate of drug-likeness (QED) is 0.596. The molecule has 0 aliphatic heterocycles. The number of hydrogen-bond acceptors (Lipinski definition) is 1. The fraction of sp³-hybridized carbons (Fsp3) is 0.300. The largest absolute Gasteiger partial charge is 0.494 e. The van der Waals surface area contributed by atoms with Gasteiger partial charge in [0.05, 0.1) is 6.61 Å². The molecule has 0 aliphatic carbocycles. The predicted molar refractivity (Wildman–Crippen MR) is 45.5 cm³/mol. The van der Waals surface area contributed by atoms with Crippen molar-refractivity contribution in [3.05, 3.63) is 37.3 Å². The van der Waals surface area contributed by atoms with E-state index >= 15 is 0 Å². The van der Waals surface area contributed by atoms with Gasteiger partial charge < -0.3 is 4.74 Å². The lowest BCUT2D eigenvalue weighted by atomic mass is 10.3. The van der Waals surface area contributed by atoms with Crippen molar-refractivity contribution < 1.29 is 4.74 Å². The van der Waals surface area contributed by atoms with Crippen LogP contribution in [-0.4, -0.2) is 6.61 Å². The Morgan fingerprint density at radius 2 is 1.91 bits per heavy atom. The highest BCUT2D eigenvalue weighted by Crippen LogP contribution is 2.08. The van der Waals surface area contributed by atoms with E-state index in [-0.39, 0.29) is 0 Å². The highest BCUT2D eigenvalue weighted by atomic mass is 16.5. The highest BCUT2D eigenvalue weighted by molar-refractivity contribution is 5.20. The van der Waals surface area contributed by atoms with Crippen molar-refractivity contribution in [2.45, 2.75) is 12.8 Å². The van der Waals surface area contributed by atoms with Gasteiger partial charge in [0, 0.05) is 0 Å². The average molecular weight is 148 g/mol. The van der Waals surface area contributed by atoms with Crippen LogP contribution >= 0.6 is 0 Å². The standard InChI is InChI=1S/C10H12O/c1-2-3-9-11-10-7-5-4-6-8-10/h1,4-8H,2-3,9H2. The van der Waals surface area contributed by atoms with E-state index in [0.29, 0.717) is 13.0 Å². The van der Waals surface area contributed by atoms with Gasteiger partial charge in [-0.05, 0) is 31.9 Å². The number of rotatable bonds is 4. The summed E-state index contributed by atoms with van der Waals surface area (Å²) < 4.78 is 5.37. The summed E-state index contributed by atoms with van der Waals surface area (Å²) >= 11 is 0. The van der Waals surface area contributed by atoms with Crippen molar-refractivity contribution in [3.63, 3.8) is 0 Å². The van der Waals surface area contributed by atoms with Crippen LogP contribution in [0.25, 0.3) is 0 Å². The second kappa shape index (κ2) is 4.78. The molecule has 0 N–H and O–H groups in total. The summed E-state index contributed by atoms with van der Waals surface area (Å²) in [6, 6.07) is 9.76. The van der Waals surface area contributed by atoms with E-state index in [4.69, 9.17) is 11.7 Å². The average Bonchev–Trinajstić information content (AvgIpc) is 2.07. The zero-order chi connectivity index (χ0) is 7.94. The Bertz CT molecular complexity index is 181. The summed E-state index contributed by atoms with van der Waals surface area (Å²) in [5.41, 5.74) is 0. The third-order valence-corrected chi connectivity index (χ3v) is 1.36. The maximum Gasteiger partial charge on any atom is 0.119 e. The van der Waals surface area contributed by atoms with Crippen LogP contribution in [0.4, 0.5) is 0 Å². The van der Waals surface area contributed by atoms with Gasteiger partial charge in [0.25, 0.3) is 0 Å². The van der Waals surface area contributed by atoms with E-state index in [9.17, 15) is 0 Å². The first-order chi connectivity index (χ1) is 5.43. The molecule has 1 rings (SSSR count). The van der Waals surface area contributed by atoms with Gasteiger partial charge in [0.2, 0.25) is 0 Å². The number of benzene rings is 1. The Kier molecular flexibility index (Phi) is 3.53. The van der Waals surface area contributed by atoms with E-state index in [1.165, 1.54) is 0 Å². The van der Waals surface area contributed by atoms with Crippen LogP contribution in [0.15, 0.2) is 30.3 Å². The van der Waals surface area contributed by atoms with Crippen molar-refractivity contribution in [2.24, 2.45) is 0 Å². The van der Waals surface area contributed by atoms with E-state index in [0.717, 1.165) is 12.2 Å². The summed E-state index contributed by atoms with van der Waals surface area (Å²) in [7, 11) is 0. The molecule has 1 heteroatoms.